The molecule has 0 radical (unpaired) electrons. The van der Waals surface area contributed by atoms with Gasteiger partial charge in [-0.3, -0.25) is 0 Å². The minimum absolute atomic E-state index is 1.36. The third-order valence-electron chi connectivity index (χ3n) is 3.89. The van der Waals surface area contributed by atoms with Crippen molar-refractivity contribution in [2.24, 2.45) is 0 Å². The molecule has 0 saturated heterocycles. The van der Waals surface area contributed by atoms with Gasteiger partial charge in [-0.25, -0.2) is 0 Å². The Morgan fingerprint density at radius 3 is 1.41 bits per heavy atom. The van der Waals surface area contributed by atoms with Crippen LogP contribution < -0.4 is 9.81 Å². The maximum atomic E-state index is 2.34. The van der Waals surface area contributed by atoms with Gasteiger partial charge in [-0.15, -0.1) is 0 Å². The van der Waals surface area contributed by atoms with E-state index in [-0.39, 0.29) is 0 Å². The van der Waals surface area contributed by atoms with Crippen molar-refractivity contribution in [2.75, 3.05) is 0 Å². The Balaban J connectivity index is 2.24. The van der Waals surface area contributed by atoms with Gasteiger partial charge in [-0.1, -0.05) is 0 Å². The molecule has 0 amide bonds. The molecule has 0 aliphatic heterocycles. The van der Waals surface area contributed by atoms with Crippen molar-refractivity contribution >= 4 is 31.6 Å². The van der Waals surface area contributed by atoms with Crippen LogP contribution in [0.4, 0.5) is 0 Å². The number of aryl methyl sites for hydroxylation is 3. The molecule has 0 aliphatic carbocycles. The van der Waals surface area contributed by atoms with E-state index in [2.05, 4.69) is 93.6 Å². The van der Waals surface area contributed by atoms with Crippen LogP contribution in [0.3, 0.4) is 0 Å². The summed E-state index contributed by atoms with van der Waals surface area (Å²) in [6.45, 7) is 6.76. The summed E-state index contributed by atoms with van der Waals surface area (Å²) in [5.74, 6) is 0. The fourth-order valence-electron chi connectivity index (χ4n) is 3.09. The summed E-state index contributed by atoms with van der Waals surface area (Å²) in [5, 5.41) is 0. The molecule has 0 saturated carbocycles. The summed E-state index contributed by atoms with van der Waals surface area (Å²) in [4.78, 5) is 0. The average molecular weight is 482 g/mol. The van der Waals surface area contributed by atoms with E-state index in [1.54, 1.807) is 9.81 Å². The molecule has 3 aromatic rings. The van der Waals surface area contributed by atoms with Crippen LogP contribution in [0.5, 0.6) is 0 Å². The van der Waals surface area contributed by atoms with Gasteiger partial charge in [0, 0.05) is 0 Å². The molecular formula is C21H21Bi. The molecule has 0 bridgehead atoms. The fraction of sp³-hybridized carbons (Fsp3) is 0.143. The minimum atomic E-state index is -2.20. The van der Waals surface area contributed by atoms with E-state index >= 15 is 0 Å². The van der Waals surface area contributed by atoms with E-state index in [1.807, 2.05) is 0 Å². The van der Waals surface area contributed by atoms with E-state index in [0.29, 0.717) is 0 Å². The fourth-order valence-corrected chi connectivity index (χ4v) is 13.2. The van der Waals surface area contributed by atoms with Crippen molar-refractivity contribution in [2.45, 2.75) is 20.8 Å². The molecule has 3 rings (SSSR count). The SMILES string of the molecule is Cc1cc(C)[c]([Bi]([c]2ccccc2)[c]2ccccc2)c(C)c1. The molecule has 3 aromatic carbocycles. The van der Waals surface area contributed by atoms with Crippen LogP contribution in [0.15, 0.2) is 72.8 Å². The first kappa shape index (κ1) is 15.4. The van der Waals surface area contributed by atoms with E-state index in [9.17, 15) is 0 Å². The molecular weight excluding hydrogens is 461 g/mol. The van der Waals surface area contributed by atoms with E-state index in [4.69, 9.17) is 0 Å². The van der Waals surface area contributed by atoms with Crippen molar-refractivity contribution in [3.8, 4) is 0 Å². The predicted octanol–water partition coefficient (Wildman–Crippen LogP) is 3.13. The van der Waals surface area contributed by atoms with Gasteiger partial charge < -0.3 is 0 Å². The van der Waals surface area contributed by atoms with Crippen molar-refractivity contribution in [3.05, 3.63) is 89.5 Å². The summed E-state index contributed by atoms with van der Waals surface area (Å²) in [5.41, 5.74) is 4.29. The maximum absolute atomic E-state index is 2.34. The van der Waals surface area contributed by atoms with Crippen molar-refractivity contribution in [1.29, 1.82) is 0 Å². The molecule has 0 fully saturated rings. The Hall–Kier alpha value is -1.46. The second-order valence-electron chi connectivity index (χ2n) is 5.75. The standard InChI is InChI=1S/C9H11.2C6H5.Bi/c1-7-4-8(2)6-9(3)5-7;2*1-2-4-6-5-3-1;/h4-5H,1-3H3;2*1-5H;. The summed E-state index contributed by atoms with van der Waals surface area (Å²) < 4.78 is 4.75. The van der Waals surface area contributed by atoms with Gasteiger partial charge in [0.15, 0.2) is 0 Å². The molecule has 0 nitrogen and oxygen atoms in total. The van der Waals surface area contributed by atoms with Gasteiger partial charge in [0.2, 0.25) is 0 Å². The van der Waals surface area contributed by atoms with Crippen molar-refractivity contribution in [1.82, 2.24) is 0 Å². The van der Waals surface area contributed by atoms with Gasteiger partial charge in [0.1, 0.15) is 0 Å². The number of benzene rings is 3. The van der Waals surface area contributed by atoms with Crippen LogP contribution in [0.25, 0.3) is 0 Å². The molecule has 110 valence electrons. The summed E-state index contributed by atoms with van der Waals surface area (Å²) in [6, 6.07) is 26.9. The van der Waals surface area contributed by atoms with Gasteiger partial charge in [0.25, 0.3) is 0 Å². The molecule has 0 spiro atoms. The molecule has 0 heterocycles. The van der Waals surface area contributed by atoms with Gasteiger partial charge in [-0.2, -0.15) is 0 Å². The topological polar surface area (TPSA) is 0 Å². The number of hydrogen-bond donors (Lipinski definition) is 0. The quantitative estimate of drug-likeness (QED) is 0.504. The Morgan fingerprint density at radius 2 is 1.00 bits per heavy atom. The molecule has 1 heteroatoms. The van der Waals surface area contributed by atoms with Gasteiger partial charge in [-0.05, 0) is 0 Å². The van der Waals surface area contributed by atoms with Crippen LogP contribution in [0.1, 0.15) is 16.7 Å². The van der Waals surface area contributed by atoms with Crippen LogP contribution in [-0.4, -0.2) is 21.8 Å². The summed E-state index contributed by atoms with van der Waals surface area (Å²) in [7, 11) is 0. The third kappa shape index (κ3) is 3.15. The van der Waals surface area contributed by atoms with Gasteiger partial charge in [0.05, 0.1) is 0 Å². The third-order valence-corrected chi connectivity index (χ3v) is 14.7. The molecule has 0 aromatic heterocycles. The number of rotatable bonds is 3. The zero-order valence-corrected chi connectivity index (χ0v) is 16.9. The van der Waals surface area contributed by atoms with Crippen LogP contribution in [0, 0.1) is 20.8 Å². The monoisotopic (exact) mass is 482 g/mol. The van der Waals surface area contributed by atoms with E-state index < -0.39 is 21.8 Å². The van der Waals surface area contributed by atoms with Crippen molar-refractivity contribution < 1.29 is 0 Å². The normalized spacial score (nSPS) is 10.9. The zero-order valence-electron chi connectivity index (χ0n) is 13.4. The Bertz CT molecular complexity index is 698. The second-order valence-corrected chi connectivity index (χ2v) is 14.1. The Kier molecular flexibility index (Phi) is 4.74. The van der Waals surface area contributed by atoms with Crippen molar-refractivity contribution in [3.63, 3.8) is 0 Å². The first-order chi connectivity index (χ1) is 10.7. The van der Waals surface area contributed by atoms with Gasteiger partial charge >= 0.3 is 142 Å². The Labute approximate surface area is 141 Å². The predicted molar refractivity (Wildman–Crippen MR) is 98.2 cm³/mol. The molecule has 0 unspecified atom stereocenters. The van der Waals surface area contributed by atoms with Crippen LogP contribution >= 0.6 is 0 Å². The average Bonchev–Trinajstić information content (AvgIpc) is 2.52. The Morgan fingerprint density at radius 1 is 0.591 bits per heavy atom. The molecule has 0 aliphatic rings. The number of hydrogen-bond acceptors (Lipinski definition) is 0. The first-order valence-electron chi connectivity index (χ1n) is 7.65. The van der Waals surface area contributed by atoms with E-state index in [0.717, 1.165) is 0 Å². The zero-order chi connectivity index (χ0) is 15.5. The molecule has 0 atom stereocenters. The van der Waals surface area contributed by atoms with Crippen LogP contribution in [-0.2, 0) is 0 Å². The molecule has 0 N–H and O–H groups in total. The van der Waals surface area contributed by atoms with Crippen LogP contribution in [0.2, 0.25) is 0 Å². The molecule has 22 heavy (non-hydrogen) atoms. The second kappa shape index (κ2) is 6.75. The first-order valence-corrected chi connectivity index (χ1v) is 12.9. The summed E-state index contributed by atoms with van der Waals surface area (Å²) in [6.07, 6.45) is 0. The van der Waals surface area contributed by atoms with E-state index in [1.165, 1.54) is 16.7 Å². The summed E-state index contributed by atoms with van der Waals surface area (Å²) >= 11 is -2.20.